The van der Waals surface area contributed by atoms with Crippen molar-refractivity contribution in [1.82, 2.24) is 10.6 Å². The first kappa shape index (κ1) is 17.7. The quantitative estimate of drug-likeness (QED) is 0.633. The Morgan fingerprint density at radius 1 is 1.00 bits per heavy atom. The minimum atomic E-state index is 0.691. The lowest BCUT2D eigenvalue weighted by atomic mass is 10.2. The summed E-state index contributed by atoms with van der Waals surface area (Å²) in [6.45, 7) is 1.42. The number of benzene rings is 2. The van der Waals surface area contributed by atoms with Crippen molar-refractivity contribution in [3.8, 4) is 5.75 Å². The molecule has 2 aromatic rings. The van der Waals surface area contributed by atoms with Gasteiger partial charge in [-0.15, -0.1) is 0 Å². The standard InChI is InChI=1S/C19H26N4O/c1-20-19(22-14-16-6-5-7-18(12-16)24-4)21-13-15-8-10-17(11-9-15)23(2)3/h5-12H,13-14H2,1-4H3,(H2,20,21,22). The molecule has 0 aromatic heterocycles. The van der Waals surface area contributed by atoms with E-state index in [-0.39, 0.29) is 0 Å². The molecule has 5 nitrogen and oxygen atoms in total. The molecule has 2 rings (SSSR count). The highest BCUT2D eigenvalue weighted by Gasteiger charge is 2.01. The molecule has 0 spiro atoms. The fourth-order valence-electron chi connectivity index (χ4n) is 2.29. The monoisotopic (exact) mass is 326 g/mol. The van der Waals surface area contributed by atoms with Crippen LogP contribution in [0.15, 0.2) is 53.5 Å². The summed E-state index contributed by atoms with van der Waals surface area (Å²) >= 11 is 0. The van der Waals surface area contributed by atoms with Crippen molar-refractivity contribution >= 4 is 11.6 Å². The number of nitrogens with one attached hydrogen (secondary N) is 2. The number of hydrogen-bond acceptors (Lipinski definition) is 3. The molecule has 0 saturated carbocycles. The van der Waals surface area contributed by atoms with E-state index in [1.54, 1.807) is 14.2 Å². The lowest BCUT2D eigenvalue weighted by molar-refractivity contribution is 0.414. The molecule has 0 bridgehead atoms. The zero-order chi connectivity index (χ0) is 17.4. The molecule has 0 aliphatic carbocycles. The summed E-state index contributed by atoms with van der Waals surface area (Å²) in [6, 6.07) is 16.5. The van der Waals surface area contributed by atoms with Gasteiger partial charge in [-0.25, -0.2) is 0 Å². The van der Waals surface area contributed by atoms with Gasteiger partial charge in [0.2, 0.25) is 0 Å². The van der Waals surface area contributed by atoms with Gasteiger partial charge in [0, 0.05) is 39.9 Å². The first-order chi connectivity index (χ1) is 11.6. The third-order valence-corrected chi connectivity index (χ3v) is 3.73. The highest BCUT2D eigenvalue weighted by molar-refractivity contribution is 5.79. The van der Waals surface area contributed by atoms with Gasteiger partial charge in [0.15, 0.2) is 5.96 Å². The van der Waals surface area contributed by atoms with Gasteiger partial charge in [-0.05, 0) is 35.4 Å². The Morgan fingerprint density at radius 3 is 2.25 bits per heavy atom. The summed E-state index contributed by atoms with van der Waals surface area (Å²) in [4.78, 5) is 6.35. The maximum atomic E-state index is 5.24. The number of rotatable bonds is 6. The minimum Gasteiger partial charge on any atom is -0.497 e. The van der Waals surface area contributed by atoms with E-state index >= 15 is 0 Å². The van der Waals surface area contributed by atoms with Crippen LogP contribution in [0.5, 0.6) is 5.75 Å². The molecule has 2 aromatic carbocycles. The van der Waals surface area contributed by atoms with Crippen LogP contribution in [-0.4, -0.2) is 34.2 Å². The molecule has 0 saturated heterocycles. The second-order valence-corrected chi connectivity index (χ2v) is 5.69. The van der Waals surface area contributed by atoms with Crippen molar-refractivity contribution in [3.63, 3.8) is 0 Å². The fourth-order valence-corrected chi connectivity index (χ4v) is 2.29. The van der Waals surface area contributed by atoms with Crippen molar-refractivity contribution in [2.45, 2.75) is 13.1 Å². The Morgan fingerprint density at radius 2 is 1.67 bits per heavy atom. The summed E-state index contributed by atoms with van der Waals surface area (Å²) in [5.74, 6) is 1.63. The van der Waals surface area contributed by atoms with Crippen LogP contribution in [-0.2, 0) is 13.1 Å². The van der Waals surface area contributed by atoms with E-state index in [2.05, 4.69) is 50.9 Å². The smallest absolute Gasteiger partial charge is 0.191 e. The fraction of sp³-hybridized carbons (Fsp3) is 0.316. The Balaban J connectivity index is 1.85. The topological polar surface area (TPSA) is 48.9 Å². The number of aliphatic imine (C=N–C) groups is 1. The second-order valence-electron chi connectivity index (χ2n) is 5.69. The van der Waals surface area contributed by atoms with Gasteiger partial charge >= 0.3 is 0 Å². The summed E-state index contributed by atoms with van der Waals surface area (Å²) in [6.07, 6.45) is 0. The van der Waals surface area contributed by atoms with Gasteiger partial charge in [0.05, 0.1) is 7.11 Å². The maximum Gasteiger partial charge on any atom is 0.191 e. The molecule has 0 amide bonds. The Kier molecular flexibility index (Phi) is 6.49. The summed E-state index contributed by atoms with van der Waals surface area (Å²) < 4.78 is 5.24. The number of nitrogens with zero attached hydrogens (tertiary/aromatic N) is 2. The van der Waals surface area contributed by atoms with E-state index in [0.717, 1.165) is 23.8 Å². The van der Waals surface area contributed by atoms with Crippen molar-refractivity contribution < 1.29 is 4.74 Å². The Labute approximate surface area is 144 Å². The lowest BCUT2D eigenvalue weighted by Gasteiger charge is -2.14. The van der Waals surface area contributed by atoms with Crippen LogP contribution >= 0.6 is 0 Å². The molecular formula is C19H26N4O. The Hall–Kier alpha value is -2.69. The number of hydrogen-bond donors (Lipinski definition) is 2. The van der Waals surface area contributed by atoms with Crippen molar-refractivity contribution in [1.29, 1.82) is 0 Å². The molecule has 0 aliphatic heterocycles. The molecule has 128 valence electrons. The van der Waals surface area contributed by atoms with Crippen LogP contribution in [0.2, 0.25) is 0 Å². The van der Waals surface area contributed by atoms with Crippen LogP contribution in [0.4, 0.5) is 5.69 Å². The molecule has 0 unspecified atom stereocenters. The first-order valence-electron chi connectivity index (χ1n) is 7.96. The molecule has 2 N–H and O–H groups in total. The van der Waals surface area contributed by atoms with Crippen molar-refractivity contribution in [3.05, 3.63) is 59.7 Å². The predicted octanol–water partition coefficient (Wildman–Crippen LogP) is 2.63. The van der Waals surface area contributed by atoms with Crippen molar-refractivity contribution in [2.24, 2.45) is 4.99 Å². The number of methoxy groups -OCH3 is 1. The zero-order valence-electron chi connectivity index (χ0n) is 14.8. The molecule has 0 heterocycles. The van der Waals surface area contributed by atoms with Crippen LogP contribution < -0.4 is 20.3 Å². The van der Waals surface area contributed by atoms with E-state index < -0.39 is 0 Å². The normalized spacial score (nSPS) is 11.1. The molecular weight excluding hydrogens is 300 g/mol. The van der Waals surface area contributed by atoms with Gasteiger partial charge in [-0.2, -0.15) is 0 Å². The van der Waals surface area contributed by atoms with Crippen LogP contribution in [0.25, 0.3) is 0 Å². The van der Waals surface area contributed by atoms with Gasteiger partial charge in [-0.1, -0.05) is 24.3 Å². The number of anilines is 1. The highest BCUT2D eigenvalue weighted by atomic mass is 16.5. The van der Waals surface area contributed by atoms with Crippen LogP contribution in [0.1, 0.15) is 11.1 Å². The highest BCUT2D eigenvalue weighted by Crippen LogP contribution is 2.13. The maximum absolute atomic E-state index is 5.24. The summed E-state index contributed by atoms with van der Waals surface area (Å²) in [5.41, 5.74) is 3.55. The average Bonchev–Trinajstić information content (AvgIpc) is 2.62. The lowest BCUT2D eigenvalue weighted by Crippen LogP contribution is -2.36. The molecule has 0 atom stereocenters. The zero-order valence-corrected chi connectivity index (χ0v) is 14.8. The molecule has 0 aliphatic rings. The molecule has 5 heteroatoms. The number of guanidine groups is 1. The third-order valence-electron chi connectivity index (χ3n) is 3.73. The summed E-state index contributed by atoms with van der Waals surface area (Å²) in [7, 11) is 7.53. The predicted molar refractivity (Wildman–Crippen MR) is 101 cm³/mol. The Bertz CT molecular complexity index is 665. The third kappa shape index (κ3) is 5.19. The van der Waals surface area contributed by atoms with Gasteiger partial charge in [-0.3, -0.25) is 4.99 Å². The van der Waals surface area contributed by atoms with Crippen LogP contribution in [0.3, 0.4) is 0 Å². The van der Waals surface area contributed by atoms with Crippen LogP contribution in [0, 0.1) is 0 Å². The van der Waals surface area contributed by atoms with Gasteiger partial charge in [0.25, 0.3) is 0 Å². The van der Waals surface area contributed by atoms with Gasteiger partial charge < -0.3 is 20.3 Å². The SMILES string of the molecule is CN=C(NCc1ccc(N(C)C)cc1)NCc1cccc(OC)c1. The van der Waals surface area contributed by atoms with Crippen molar-refractivity contribution in [2.75, 3.05) is 33.2 Å². The largest absolute Gasteiger partial charge is 0.497 e. The van der Waals surface area contributed by atoms with E-state index in [9.17, 15) is 0 Å². The number of ether oxygens (including phenoxy) is 1. The molecule has 0 fully saturated rings. The summed E-state index contributed by atoms with van der Waals surface area (Å²) in [5, 5.41) is 6.64. The first-order valence-corrected chi connectivity index (χ1v) is 7.96. The average molecular weight is 326 g/mol. The molecule has 0 radical (unpaired) electrons. The second kappa shape index (κ2) is 8.82. The molecule has 24 heavy (non-hydrogen) atoms. The van der Waals surface area contributed by atoms with E-state index in [1.165, 1.54) is 11.3 Å². The minimum absolute atomic E-state index is 0.691. The van der Waals surface area contributed by atoms with E-state index in [4.69, 9.17) is 4.74 Å². The van der Waals surface area contributed by atoms with Gasteiger partial charge in [0.1, 0.15) is 5.75 Å². The van der Waals surface area contributed by atoms with E-state index in [0.29, 0.717) is 6.54 Å². The van der Waals surface area contributed by atoms with E-state index in [1.807, 2.05) is 32.3 Å².